The van der Waals surface area contributed by atoms with Crippen molar-refractivity contribution in [3.05, 3.63) is 0 Å². The van der Waals surface area contributed by atoms with Gasteiger partial charge in [0.25, 0.3) is 0 Å². The molecular formula is C16H28N2O4. The Kier molecular flexibility index (Phi) is 7.12. The Hall–Kier alpha value is -1.14. The van der Waals surface area contributed by atoms with E-state index in [1.165, 1.54) is 0 Å². The van der Waals surface area contributed by atoms with E-state index in [0.29, 0.717) is 12.5 Å². The standard InChI is InChI=1S/C16H28N2O4/c1-14-4-6-18(7-5-14)15(19)2-3-16(20)22-13-10-17-8-11-21-12-9-17/h14H,2-13H2,1H3. The number of nitrogens with zero attached hydrogens (tertiary/aromatic N) is 2. The minimum atomic E-state index is -0.271. The molecule has 0 bridgehead atoms. The highest BCUT2D eigenvalue weighted by molar-refractivity contribution is 5.81. The Morgan fingerprint density at radius 3 is 2.45 bits per heavy atom. The van der Waals surface area contributed by atoms with Gasteiger partial charge in [0.15, 0.2) is 0 Å². The smallest absolute Gasteiger partial charge is 0.306 e. The van der Waals surface area contributed by atoms with Crippen LogP contribution >= 0.6 is 0 Å². The molecule has 0 aromatic heterocycles. The van der Waals surface area contributed by atoms with E-state index in [1.807, 2.05) is 4.90 Å². The predicted molar refractivity (Wildman–Crippen MR) is 82.4 cm³/mol. The number of likely N-dealkylation sites (tertiary alicyclic amines) is 1. The van der Waals surface area contributed by atoms with Crippen molar-refractivity contribution < 1.29 is 19.1 Å². The van der Waals surface area contributed by atoms with Crippen molar-refractivity contribution in [3.63, 3.8) is 0 Å². The lowest BCUT2D eigenvalue weighted by Crippen LogP contribution is -2.39. The number of ether oxygens (including phenoxy) is 2. The van der Waals surface area contributed by atoms with E-state index in [-0.39, 0.29) is 24.7 Å². The van der Waals surface area contributed by atoms with Crippen LogP contribution in [0.4, 0.5) is 0 Å². The molecule has 1 amide bonds. The average molecular weight is 312 g/mol. The van der Waals surface area contributed by atoms with E-state index in [2.05, 4.69) is 11.8 Å². The first kappa shape index (κ1) is 17.2. The van der Waals surface area contributed by atoms with Gasteiger partial charge in [0, 0.05) is 39.1 Å². The Bertz CT molecular complexity index is 361. The van der Waals surface area contributed by atoms with Gasteiger partial charge in [-0.1, -0.05) is 6.92 Å². The molecule has 6 heteroatoms. The summed E-state index contributed by atoms with van der Waals surface area (Å²) in [5.74, 6) is 0.512. The third-order valence-corrected chi connectivity index (χ3v) is 4.45. The number of morpholine rings is 1. The molecule has 0 spiro atoms. The fourth-order valence-electron chi connectivity index (χ4n) is 2.81. The molecule has 0 aromatic rings. The number of hydrogen-bond acceptors (Lipinski definition) is 5. The van der Waals surface area contributed by atoms with Crippen LogP contribution in [0.25, 0.3) is 0 Å². The lowest BCUT2D eigenvalue weighted by atomic mass is 9.99. The number of amides is 1. The molecular weight excluding hydrogens is 284 g/mol. The number of rotatable bonds is 6. The summed E-state index contributed by atoms with van der Waals surface area (Å²) in [5.41, 5.74) is 0. The van der Waals surface area contributed by atoms with E-state index >= 15 is 0 Å². The van der Waals surface area contributed by atoms with Crippen molar-refractivity contribution in [3.8, 4) is 0 Å². The van der Waals surface area contributed by atoms with Crippen LogP contribution in [0.15, 0.2) is 0 Å². The van der Waals surface area contributed by atoms with E-state index in [9.17, 15) is 9.59 Å². The maximum atomic E-state index is 12.0. The molecule has 126 valence electrons. The van der Waals surface area contributed by atoms with Crippen LogP contribution in [0.3, 0.4) is 0 Å². The van der Waals surface area contributed by atoms with Crippen LogP contribution in [0.1, 0.15) is 32.6 Å². The van der Waals surface area contributed by atoms with Gasteiger partial charge >= 0.3 is 5.97 Å². The Balaban J connectivity index is 1.54. The highest BCUT2D eigenvalue weighted by atomic mass is 16.5. The fourth-order valence-corrected chi connectivity index (χ4v) is 2.81. The van der Waals surface area contributed by atoms with Crippen molar-refractivity contribution in [1.82, 2.24) is 9.80 Å². The maximum Gasteiger partial charge on any atom is 0.306 e. The van der Waals surface area contributed by atoms with Gasteiger partial charge in [0.2, 0.25) is 5.91 Å². The van der Waals surface area contributed by atoms with Gasteiger partial charge in [-0.2, -0.15) is 0 Å². The number of carbonyl (C=O) groups excluding carboxylic acids is 2. The molecule has 0 aliphatic carbocycles. The van der Waals surface area contributed by atoms with Gasteiger partial charge in [-0.3, -0.25) is 14.5 Å². The number of esters is 1. The summed E-state index contributed by atoms with van der Waals surface area (Å²) in [5, 5.41) is 0. The van der Waals surface area contributed by atoms with Gasteiger partial charge in [-0.15, -0.1) is 0 Å². The summed E-state index contributed by atoms with van der Waals surface area (Å²) < 4.78 is 10.5. The van der Waals surface area contributed by atoms with E-state index in [1.54, 1.807) is 0 Å². The van der Waals surface area contributed by atoms with E-state index in [4.69, 9.17) is 9.47 Å². The van der Waals surface area contributed by atoms with Crippen LogP contribution in [0.2, 0.25) is 0 Å². The molecule has 2 saturated heterocycles. The lowest BCUT2D eigenvalue weighted by Gasteiger charge is -2.30. The summed E-state index contributed by atoms with van der Waals surface area (Å²) in [6.45, 7) is 8.29. The molecule has 22 heavy (non-hydrogen) atoms. The van der Waals surface area contributed by atoms with Crippen molar-refractivity contribution in [2.75, 3.05) is 52.5 Å². The summed E-state index contributed by atoms with van der Waals surface area (Å²) in [6, 6.07) is 0. The van der Waals surface area contributed by atoms with E-state index < -0.39 is 0 Å². The highest BCUT2D eigenvalue weighted by Crippen LogP contribution is 2.16. The fraction of sp³-hybridized carbons (Fsp3) is 0.875. The lowest BCUT2D eigenvalue weighted by molar-refractivity contribution is -0.147. The van der Waals surface area contributed by atoms with Crippen molar-refractivity contribution in [2.24, 2.45) is 5.92 Å². The number of hydrogen-bond donors (Lipinski definition) is 0. The predicted octanol–water partition coefficient (Wildman–Crippen LogP) is 0.901. The minimum Gasteiger partial charge on any atom is -0.464 e. The largest absolute Gasteiger partial charge is 0.464 e. The third-order valence-electron chi connectivity index (χ3n) is 4.45. The van der Waals surface area contributed by atoms with Crippen LogP contribution in [0, 0.1) is 5.92 Å². The zero-order chi connectivity index (χ0) is 15.8. The molecule has 2 heterocycles. The zero-order valence-electron chi connectivity index (χ0n) is 13.6. The first-order valence-electron chi connectivity index (χ1n) is 8.38. The molecule has 0 aromatic carbocycles. The molecule has 0 N–H and O–H groups in total. The second kappa shape index (κ2) is 9.10. The third kappa shape index (κ3) is 5.93. The van der Waals surface area contributed by atoms with Gasteiger partial charge in [-0.25, -0.2) is 0 Å². The van der Waals surface area contributed by atoms with Gasteiger partial charge in [0.05, 0.1) is 19.6 Å². The van der Waals surface area contributed by atoms with Crippen molar-refractivity contribution >= 4 is 11.9 Å². The number of carbonyl (C=O) groups is 2. The Labute approximate surface area is 132 Å². The van der Waals surface area contributed by atoms with E-state index in [0.717, 1.165) is 58.8 Å². The Morgan fingerprint density at radius 1 is 1.09 bits per heavy atom. The van der Waals surface area contributed by atoms with Crippen LogP contribution in [-0.4, -0.2) is 74.2 Å². The van der Waals surface area contributed by atoms with Gasteiger partial charge in [-0.05, 0) is 18.8 Å². The van der Waals surface area contributed by atoms with Gasteiger partial charge in [0.1, 0.15) is 6.61 Å². The molecule has 2 aliphatic rings. The van der Waals surface area contributed by atoms with Crippen LogP contribution in [-0.2, 0) is 19.1 Å². The Morgan fingerprint density at radius 2 is 1.77 bits per heavy atom. The second-order valence-electron chi connectivity index (χ2n) is 6.24. The molecule has 0 unspecified atom stereocenters. The summed E-state index contributed by atoms with van der Waals surface area (Å²) >= 11 is 0. The molecule has 2 aliphatic heterocycles. The topological polar surface area (TPSA) is 59.1 Å². The number of piperidine rings is 1. The SMILES string of the molecule is CC1CCN(C(=O)CCC(=O)OCCN2CCOCC2)CC1. The second-order valence-corrected chi connectivity index (χ2v) is 6.24. The van der Waals surface area contributed by atoms with Crippen LogP contribution in [0.5, 0.6) is 0 Å². The molecule has 0 radical (unpaired) electrons. The summed E-state index contributed by atoms with van der Waals surface area (Å²) in [4.78, 5) is 27.8. The molecule has 2 rings (SSSR count). The van der Waals surface area contributed by atoms with Gasteiger partial charge < -0.3 is 14.4 Å². The quantitative estimate of drug-likeness (QED) is 0.682. The zero-order valence-corrected chi connectivity index (χ0v) is 13.6. The van der Waals surface area contributed by atoms with Crippen LogP contribution < -0.4 is 0 Å². The molecule has 6 nitrogen and oxygen atoms in total. The average Bonchev–Trinajstić information content (AvgIpc) is 2.54. The van der Waals surface area contributed by atoms with Crippen molar-refractivity contribution in [1.29, 1.82) is 0 Å². The maximum absolute atomic E-state index is 12.0. The highest BCUT2D eigenvalue weighted by Gasteiger charge is 2.21. The molecule has 0 atom stereocenters. The monoisotopic (exact) mass is 312 g/mol. The molecule has 0 saturated carbocycles. The normalized spacial score (nSPS) is 20.9. The molecule has 2 fully saturated rings. The minimum absolute atomic E-state index is 0.0806. The van der Waals surface area contributed by atoms with Crippen molar-refractivity contribution in [2.45, 2.75) is 32.6 Å². The summed E-state index contributed by atoms with van der Waals surface area (Å²) in [6.07, 6.45) is 2.59. The summed E-state index contributed by atoms with van der Waals surface area (Å²) in [7, 11) is 0. The first-order valence-corrected chi connectivity index (χ1v) is 8.38. The first-order chi connectivity index (χ1) is 10.6.